The van der Waals surface area contributed by atoms with Crippen LogP contribution in [0.3, 0.4) is 0 Å². The molecule has 3 atom stereocenters. The van der Waals surface area contributed by atoms with E-state index in [2.05, 4.69) is 42.4 Å². The molecule has 0 aromatic heterocycles. The number of hydrogen-bond acceptors (Lipinski definition) is 4. The van der Waals surface area contributed by atoms with Crippen LogP contribution in [0.4, 0.5) is 0 Å². The van der Waals surface area contributed by atoms with E-state index in [4.69, 9.17) is 10.6 Å². The third-order valence-electron chi connectivity index (χ3n) is 5.11. The second-order valence-electron chi connectivity index (χ2n) is 6.56. The normalized spacial score (nSPS) is 27.6. The Morgan fingerprint density at radius 2 is 2.24 bits per heavy atom. The topological polar surface area (TPSA) is 50.5 Å². The number of aryl methyl sites for hydroxylation is 2. The van der Waals surface area contributed by atoms with Crippen LogP contribution in [0, 0.1) is 13.8 Å². The van der Waals surface area contributed by atoms with E-state index in [1.54, 1.807) is 0 Å². The first kappa shape index (κ1) is 15.0. The van der Waals surface area contributed by atoms with Gasteiger partial charge in [0.15, 0.2) is 0 Å². The van der Waals surface area contributed by atoms with Crippen molar-refractivity contribution in [2.45, 2.75) is 51.3 Å². The highest BCUT2D eigenvalue weighted by atomic mass is 16.5. The molecule has 0 amide bonds. The number of morpholine rings is 1. The molecule has 4 nitrogen and oxygen atoms in total. The van der Waals surface area contributed by atoms with Gasteiger partial charge in [-0.25, -0.2) is 0 Å². The van der Waals surface area contributed by atoms with Gasteiger partial charge in [-0.2, -0.15) is 0 Å². The Bertz CT molecular complexity index is 491. The van der Waals surface area contributed by atoms with Crippen LogP contribution in [0.15, 0.2) is 18.2 Å². The first-order valence-corrected chi connectivity index (χ1v) is 8.05. The number of nitrogens with one attached hydrogen (secondary N) is 1. The summed E-state index contributed by atoms with van der Waals surface area (Å²) in [5, 5.41) is 0. The zero-order chi connectivity index (χ0) is 14.8. The summed E-state index contributed by atoms with van der Waals surface area (Å²) in [7, 11) is 0. The van der Waals surface area contributed by atoms with Gasteiger partial charge >= 0.3 is 0 Å². The van der Waals surface area contributed by atoms with E-state index in [1.807, 2.05) is 0 Å². The molecule has 0 saturated carbocycles. The minimum Gasteiger partial charge on any atom is -0.374 e. The minimum atomic E-state index is 0.175. The molecule has 3 N–H and O–H groups in total. The van der Waals surface area contributed by atoms with Gasteiger partial charge in [-0.05, 0) is 56.3 Å². The summed E-state index contributed by atoms with van der Waals surface area (Å²) in [6.07, 6.45) is 3.69. The van der Waals surface area contributed by atoms with Gasteiger partial charge in [0.25, 0.3) is 0 Å². The van der Waals surface area contributed by atoms with E-state index >= 15 is 0 Å². The summed E-state index contributed by atoms with van der Waals surface area (Å²) in [5.41, 5.74) is 6.99. The van der Waals surface area contributed by atoms with Gasteiger partial charge in [0, 0.05) is 12.6 Å². The van der Waals surface area contributed by atoms with E-state index in [-0.39, 0.29) is 12.1 Å². The average molecular weight is 289 g/mol. The third-order valence-corrected chi connectivity index (χ3v) is 5.11. The van der Waals surface area contributed by atoms with E-state index in [9.17, 15) is 0 Å². The molecular formula is C17H27N3O. The van der Waals surface area contributed by atoms with Crippen molar-refractivity contribution in [2.24, 2.45) is 5.84 Å². The second kappa shape index (κ2) is 6.44. The zero-order valence-corrected chi connectivity index (χ0v) is 13.1. The predicted octanol–water partition coefficient (Wildman–Crippen LogP) is 1.54. The summed E-state index contributed by atoms with van der Waals surface area (Å²) < 4.78 is 6.09. The van der Waals surface area contributed by atoms with Crippen molar-refractivity contribution in [3.8, 4) is 0 Å². The van der Waals surface area contributed by atoms with Crippen molar-refractivity contribution in [1.82, 2.24) is 10.3 Å². The average Bonchev–Trinajstić information content (AvgIpc) is 2.95. The fourth-order valence-corrected chi connectivity index (χ4v) is 3.57. The standard InChI is InChI=1S/C17H27N3O/c1-12-5-6-14(8-13(12)2)9-16(19-18)17-10-20-7-3-4-15(20)11-21-17/h5-6,8,15-17,19H,3-4,7,9-11,18H2,1-2H3. The van der Waals surface area contributed by atoms with Crippen molar-refractivity contribution in [2.75, 3.05) is 19.7 Å². The molecule has 21 heavy (non-hydrogen) atoms. The molecule has 3 rings (SSSR count). The highest BCUT2D eigenvalue weighted by Crippen LogP contribution is 2.24. The lowest BCUT2D eigenvalue weighted by molar-refractivity contribution is -0.0644. The lowest BCUT2D eigenvalue weighted by atomic mass is 9.97. The van der Waals surface area contributed by atoms with Crippen LogP contribution >= 0.6 is 0 Å². The summed E-state index contributed by atoms with van der Waals surface area (Å²) in [6.45, 7) is 7.39. The summed E-state index contributed by atoms with van der Waals surface area (Å²) in [6, 6.07) is 7.47. The fraction of sp³-hybridized carbons (Fsp3) is 0.647. The Kier molecular flexibility index (Phi) is 4.60. The molecule has 2 aliphatic rings. The minimum absolute atomic E-state index is 0.175. The Morgan fingerprint density at radius 3 is 3.00 bits per heavy atom. The molecule has 0 radical (unpaired) electrons. The molecule has 2 fully saturated rings. The molecule has 3 unspecified atom stereocenters. The van der Waals surface area contributed by atoms with Crippen LogP contribution < -0.4 is 11.3 Å². The molecule has 4 heteroatoms. The van der Waals surface area contributed by atoms with E-state index in [0.29, 0.717) is 6.04 Å². The van der Waals surface area contributed by atoms with Gasteiger partial charge in [-0.3, -0.25) is 16.2 Å². The van der Waals surface area contributed by atoms with Gasteiger partial charge in [0.05, 0.1) is 18.8 Å². The van der Waals surface area contributed by atoms with Crippen molar-refractivity contribution in [3.05, 3.63) is 34.9 Å². The molecule has 0 aliphatic carbocycles. The molecule has 0 bridgehead atoms. The van der Waals surface area contributed by atoms with Gasteiger partial charge in [-0.1, -0.05) is 18.2 Å². The van der Waals surface area contributed by atoms with E-state index in [0.717, 1.165) is 19.6 Å². The van der Waals surface area contributed by atoms with Crippen molar-refractivity contribution in [1.29, 1.82) is 0 Å². The fourth-order valence-electron chi connectivity index (χ4n) is 3.57. The lowest BCUT2D eigenvalue weighted by Gasteiger charge is -2.38. The Labute approximate surface area is 127 Å². The third kappa shape index (κ3) is 3.29. The molecule has 2 saturated heterocycles. The van der Waals surface area contributed by atoms with Crippen LogP contribution in [0.5, 0.6) is 0 Å². The number of hydrazine groups is 1. The van der Waals surface area contributed by atoms with Gasteiger partial charge in [0.1, 0.15) is 0 Å². The molecule has 2 aliphatic heterocycles. The SMILES string of the molecule is Cc1ccc(CC(NN)C2CN3CCCC3CO2)cc1C. The number of nitrogens with two attached hydrogens (primary N) is 1. The molecule has 0 spiro atoms. The predicted molar refractivity (Wildman–Crippen MR) is 85.1 cm³/mol. The van der Waals surface area contributed by atoms with Gasteiger partial charge < -0.3 is 4.74 Å². The summed E-state index contributed by atoms with van der Waals surface area (Å²) in [4.78, 5) is 2.57. The number of hydrogen-bond donors (Lipinski definition) is 2. The van der Waals surface area contributed by atoms with Crippen LogP contribution in [0.2, 0.25) is 0 Å². The molecule has 1 aromatic carbocycles. The number of rotatable bonds is 4. The van der Waals surface area contributed by atoms with Gasteiger partial charge in [-0.15, -0.1) is 0 Å². The van der Waals surface area contributed by atoms with Crippen LogP contribution in [0.1, 0.15) is 29.5 Å². The second-order valence-corrected chi connectivity index (χ2v) is 6.56. The largest absolute Gasteiger partial charge is 0.374 e. The number of benzene rings is 1. The van der Waals surface area contributed by atoms with E-state index < -0.39 is 0 Å². The van der Waals surface area contributed by atoms with Crippen LogP contribution in [0.25, 0.3) is 0 Å². The Morgan fingerprint density at radius 1 is 1.38 bits per heavy atom. The summed E-state index contributed by atoms with van der Waals surface area (Å²) >= 11 is 0. The first-order chi connectivity index (χ1) is 10.2. The van der Waals surface area contributed by atoms with Gasteiger partial charge in [0.2, 0.25) is 0 Å². The molecule has 116 valence electrons. The maximum absolute atomic E-state index is 6.09. The van der Waals surface area contributed by atoms with E-state index in [1.165, 1.54) is 36.1 Å². The Hall–Kier alpha value is -0.940. The Balaban J connectivity index is 1.65. The number of fused-ring (bicyclic) bond motifs is 1. The molecule has 1 aromatic rings. The zero-order valence-electron chi connectivity index (χ0n) is 13.1. The highest BCUT2D eigenvalue weighted by Gasteiger charge is 2.35. The molecule has 2 heterocycles. The monoisotopic (exact) mass is 289 g/mol. The number of nitrogens with zero attached hydrogens (tertiary/aromatic N) is 1. The highest BCUT2D eigenvalue weighted by molar-refractivity contribution is 5.30. The van der Waals surface area contributed by atoms with Crippen molar-refractivity contribution >= 4 is 0 Å². The quantitative estimate of drug-likeness (QED) is 0.652. The first-order valence-electron chi connectivity index (χ1n) is 8.05. The maximum atomic E-state index is 6.09. The molecular weight excluding hydrogens is 262 g/mol. The smallest absolute Gasteiger partial charge is 0.0872 e. The lowest BCUT2D eigenvalue weighted by Crippen LogP contribution is -2.56. The maximum Gasteiger partial charge on any atom is 0.0872 e. The number of ether oxygens (including phenoxy) is 1. The van der Waals surface area contributed by atoms with Crippen molar-refractivity contribution < 1.29 is 4.74 Å². The van der Waals surface area contributed by atoms with Crippen LogP contribution in [-0.2, 0) is 11.2 Å². The van der Waals surface area contributed by atoms with Crippen molar-refractivity contribution in [3.63, 3.8) is 0 Å². The summed E-state index contributed by atoms with van der Waals surface area (Å²) in [5.74, 6) is 5.81. The van der Waals surface area contributed by atoms with Crippen LogP contribution in [-0.4, -0.2) is 42.8 Å².